The molecule has 0 saturated heterocycles. The third-order valence-corrected chi connectivity index (χ3v) is 8.28. The summed E-state index contributed by atoms with van der Waals surface area (Å²) < 4.78 is 24.9. The number of aryl methyl sites for hydroxylation is 1. The molecule has 0 bridgehead atoms. The first kappa shape index (κ1) is 22.9. The summed E-state index contributed by atoms with van der Waals surface area (Å²) in [5, 5.41) is 0. The molecule has 0 fully saturated rings. The number of ether oxygens (including phenoxy) is 4. The number of rotatable bonds is 4. The zero-order valence-corrected chi connectivity index (χ0v) is 21.7. The lowest BCUT2D eigenvalue weighted by Gasteiger charge is -2.31. The lowest BCUT2D eigenvalue weighted by Crippen LogP contribution is -2.39. The van der Waals surface area contributed by atoms with Gasteiger partial charge in [0.05, 0.1) is 30.5 Å². The van der Waals surface area contributed by atoms with E-state index in [0.717, 1.165) is 40.8 Å². The van der Waals surface area contributed by atoms with Crippen LogP contribution in [-0.2, 0) is 6.42 Å². The smallest absolute Gasteiger partial charge is 0.271 e. The highest BCUT2D eigenvalue weighted by Crippen LogP contribution is 2.45. The number of hydrogen-bond donors (Lipinski definition) is 0. The van der Waals surface area contributed by atoms with Crippen LogP contribution in [0.15, 0.2) is 76.0 Å². The van der Waals surface area contributed by atoms with E-state index < -0.39 is 0 Å². The van der Waals surface area contributed by atoms with E-state index in [9.17, 15) is 4.79 Å². The Hall–Kier alpha value is -4.30. The summed E-state index contributed by atoms with van der Waals surface area (Å²) in [7, 11) is 3.26. The predicted molar refractivity (Wildman–Crippen MR) is 145 cm³/mol. The number of allylic oxidation sites excluding steroid dienone is 1. The maximum atomic E-state index is 14.0. The average Bonchev–Trinajstić information content (AvgIpc) is 3.55. The van der Waals surface area contributed by atoms with Crippen LogP contribution in [0.25, 0.3) is 11.8 Å². The fourth-order valence-corrected chi connectivity index (χ4v) is 6.58. The number of aromatic nitrogens is 1. The van der Waals surface area contributed by atoms with Gasteiger partial charge in [0, 0.05) is 11.1 Å². The molecule has 4 aromatic rings. The number of hydrogen-bond acceptors (Lipinski definition) is 7. The third-order valence-electron chi connectivity index (χ3n) is 7.30. The molecule has 7 rings (SSSR count). The fourth-order valence-electron chi connectivity index (χ4n) is 5.58. The molecule has 7 nitrogen and oxygen atoms in total. The topological polar surface area (TPSA) is 71.3 Å². The first-order valence-electron chi connectivity index (χ1n) is 12.4. The highest BCUT2D eigenvalue weighted by molar-refractivity contribution is 7.07. The minimum Gasteiger partial charge on any atom is -0.493 e. The van der Waals surface area contributed by atoms with Crippen molar-refractivity contribution in [2.24, 2.45) is 4.99 Å². The van der Waals surface area contributed by atoms with E-state index in [1.54, 1.807) is 14.2 Å². The predicted octanol–water partition coefficient (Wildman–Crippen LogP) is 4.06. The second-order valence-electron chi connectivity index (χ2n) is 9.31. The average molecular weight is 525 g/mol. The minimum absolute atomic E-state index is 0.0910. The van der Waals surface area contributed by atoms with Crippen molar-refractivity contribution in [1.82, 2.24) is 4.57 Å². The zero-order valence-electron chi connectivity index (χ0n) is 20.9. The molecule has 3 aromatic carbocycles. The Bertz CT molecular complexity index is 1820. The molecule has 38 heavy (non-hydrogen) atoms. The first-order valence-corrected chi connectivity index (χ1v) is 13.2. The van der Waals surface area contributed by atoms with Crippen molar-refractivity contribution >= 4 is 23.1 Å². The quantitative estimate of drug-likeness (QED) is 0.403. The molecule has 8 heteroatoms. The van der Waals surface area contributed by atoms with Crippen LogP contribution in [0.3, 0.4) is 0 Å². The van der Waals surface area contributed by atoms with Gasteiger partial charge in [-0.15, -0.1) is 0 Å². The van der Waals surface area contributed by atoms with E-state index in [2.05, 4.69) is 18.2 Å². The van der Waals surface area contributed by atoms with Gasteiger partial charge in [0.1, 0.15) is 0 Å². The molecule has 0 spiro atoms. The van der Waals surface area contributed by atoms with E-state index >= 15 is 0 Å². The van der Waals surface area contributed by atoms with E-state index in [4.69, 9.17) is 23.9 Å². The first-order chi connectivity index (χ1) is 18.7. The van der Waals surface area contributed by atoms with Gasteiger partial charge in [0.25, 0.3) is 5.56 Å². The molecule has 1 unspecified atom stereocenters. The highest BCUT2D eigenvalue weighted by Gasteiger charge is 2.34. The molecule has 3 heterocycles. The zero-order chi connectivity index (χ0) is 25.8. The number of nitrogens with zero attached hydrogens (tertiary/aromatic N) is 2. The Kier molecular flexibility index (Phi) is 5.37. The Morgan fingerprint density at radius 1 is 1.00 bits per heavy atom. The van der Waals surface area contributed by atoms with Gasteiger partial charge < -0.3 is 18.9 Å². The van der Waals surface area contributed by atoms with Gasteiger partial charge in [-0.3, -0.25) is 9.36 Å². The van der Waals surface area contributed by atoms with Gasteiger partial charge in [0.2, 0.25) is 6.79 Å². The normalized spacial score (nSPS) is 17.4. The number of fused-ring (bicyclic) bond motifs is 4. The van der Waals surface area contributed by atoms with Crippen molar-refractivity contribution in [3.63, 3.8) is 0 Å². The SMILES string of the molecule is COc1cccc(C2C3=C(N=c4s/c(=C/c5ccc6c(c5)OCO6)c(=O)n42)c2ccccc2CC3)c1OC. The Morgan fingerprint density at radius 3 is 2.74 bits per heavy atom. The van der Waals surface area contributed by atoms with Crippen molar-refractivity contribution < 1.29 is 18.9 Å². The molecular formula is C30H24N2O5S. The van der Waals surface area contributed by atoms with Gasteiger partial charge in [0.15, 0.2) is 27.8 Å². The standard InChI is InChI=1S/C30H24N2O5S/c1-34-23-9-5-8-21(28(23)35-2)27-20-12-11-18-6-3-4-7-19(18)26(20)31-30-32(27)29(33)25(38-30)15-17-10-13-22-24(14-17)37-16-36-22/h3-10,13-15,27H,11-12,16H2,1-2H3/b25-15+. The van der Waals surface area contributed by atoms with Crippen molar-refractivity contribution in [1.29, 1.82) is 0 Å². The van der Waals surface area contributed by atoms with E-state index in [1.165, 1.54) is 16.9 Å². The number of para-hydroxylation sites is 1. The molecule has 1 aliphatic carbocycles. The lowest BCUT2D eigenvalue weighted by atomic mass is 9.83. The van der Waals surface area contributed by atoms with Gasteiger partial charge in [-0.25, -0.2) is 4.99 Å². The Labute approximate surface area is 222 Å². The van der Waals surface area contributed by atoms with Crippen LogP contribution >= 0.6 is 11.3 Å². The summed E-state index contributed by atoms with van der Waals surface area (Å²) in [5.74, 6) is 2.64. The number of thiazole rings is 1. The van der Waals surface area contributed by atoms with Crippen molar-refractivity contribution in [2.45, 2.75) is 18.9 Å². The van der Waals surface area contributed by atoms with Crippen LogP contribution in [0.1, 0.15) is 34.7 Å². The summed E-state index contributed by atoms with van der Waals surface area (Å²) >= 11 is 1.39. The van der Waals surface area contributed by atoms with Gasteiger partial charge >= 0.3 is 0 Å². The van der Waals surface area contributed by atoms with Crippen LogP contribution in [0.4, 0.5) is 0 Å². The van der Waals surface area contributed by atoms with Crippen LogP contribution < -0.4 is 33.8 Å². The molecule has 0 saturated carbocycles. The van der Waals surface area contributed by atoms with Crippen molar-refractivity contribution in [2.75, 3.05) is 21.0 Å². The second-order valence-corrected chi connectivity index (χ2v) is 10.3. The summed E-state index contributed by atoms with van der Waals surface area (Å²) in [6.45, 7) is 0.205. The van der Waals surface area contributed by atoms with Crippen LogP contribution in [0.5, 0.6) is 23.0 Å². The molecule has 1 atom stereocenters. The van der Waals surface area contributed by atoms with Crippen molar-refractivity contribution in [3.05, 3.63) is 108 Å². The summed E-state index contributed by atoms with van der Waals surface area (Å²) in [6.07, 6.45) is 3.57. The fraction of sp³-hybridized carbons (Fsp3) is 0.200. The minimum atomic E-state index is -0.362. The van der Waals surface area contributed by atoms with E-state index in [1.807, 2.05) is 53.1 Å². The summed E-state index contributed by atoms with van der Waals surface area (Å²) in [4.78, 5) is 19.8. The summed E-state index contributed by atoms with van der Waals surface area (Å²) in [6, 6.07) is 19.5. The maximum Gasteiger partial charge on any atom is 0.271 e. The van der Waals surface area contributed by atoms with Crippen molar-refractivity contribution in [3.8, 4) is 23.0 Å². The van der Waals surface area contributed by atoms with Crippen LogP contribution in [-0.4, -0.2) is 25.6 Å². The Balaban J connectivity index is 1.49. The number of benzene rings is 3. The highest BCUT2D eigenvalue weighted by atomic mass is 32.1. The molecule has 0 amide bonds. The lowest BCUT2D eigenvalue weighted by molar-refractivity contribution is 0.174. The van der Waals surface area contributed by atoms with Crippen LogP contribution in [0.2, 0.25) is 0 Å². The monoisotopic (exact) mass is 524 g/mol. The molecule has 190 valence electrons. The molecule has 1 aromatic heterocycles. The Morgan fingerprint density at radius 2 is 1.87 bits per heavy atom. The van der Waals surface area contributed by atoms with Gasteiger partial charge in [-0.05, 0) is 53.8 Å². The number of methoxy groups -OCH3 is 2. The molecule has 0 radical (unpaired) electrons. The van der Waals surface area contributed by atoms with Gasteiger partial charge in [-0.1, -0.05) is 53.8 Å². The van der Waals surface area contributed by atoms with E-state index in [0.29, 0.717) is 32.3 Å². The molecule has 2 aliphatic heterocycles. The maximum absolute atomic E-state index is 14.0. The van der Waals surface area contributed by atoms with E-state index in [-0.39, 0.29) is 18.4 Å². The van der Waals surface area contributed by atoms with Crippen LogP contribution in [0, 0.1) is 0 Å². The summed E-state index contributed by atoms with van der Waals surface area (Å²) in [5.41, 5.74) is 6.09. The second kappa shape index (κ2) is 8.92. The largest absolute Gasteiger partial charge is 0.493 e. The van der Waals surface area contributed by atoms with Gasteiger partial charge in [-0.2, -0.15) is 0 Å². The molecular weight excluding hydrogens is 500 g/mol. The molecule has 0 N–H and O–H groups in total. The molecule has 3 aliphatic rings. The third kappa shape index (κ3) is 3.48.